The molecule has 1 aromatic heterocycles. The second-order valence-corrected chi connectivity index (χ2v) is 8.88. The molecule has 7 nitrogen and oxygen atoms in total. The van der Waals surface area contributed by atoms with E-state index in [4.69, 9.17) is 4.98 Å². The normalized spacial score (nSPS) is 19.2. The van der Waals surface area contributed by atoms with Gasteiger partial charge in [0.1, 0.15) is 5.82 Å². The van der Waals surface area contributed by atoms with Gasteiger partial charge in [-0.3, -0.25) is 9.89 Å². The summed E-state index contributed by atoms with van der Waals surface area (Å²) in [5.74, 6) is 1.97. The summed E-state index contributed by atoms with van der Waals surface area (Å²) in [6.07, 6.45) is 4.16. The number of nitrogens with zero attached hydrogens (tertiary/aromatic N) is 5. The van der Waals surface area contributed by atoms with Crippen molar-refractivity contribution in [2.45, 2.75) is 32.0 Å². The van der Waals surface area contributed by atoms with E-state index in [1.165, 1.54) is 11.1 Å². The quantitative estimate of drug-likeness (QED) is 0.536. The molecule has 0 atom stereocenters. The molecule has 7 heteroatoms. The minimum absolute atomic E-state index is 0.458. The van der Waals surface area contributed by atoms with E-state index in [-0.39, 0.29) is 0 Å². The molecule has 2 saturated heterocycles. The fraction of sp³-hybridized carbons (Fsp3) is 0.520. The average Bonchev–Trinajstić information content (AvgIpc) is 2.84. The van der Waals surface area contributed by atoms with Crippen LogP contribution in [0, 0.1) is 0 Å². The first kappa shape index (κ1) is 22.6. The van der Waals surface area contributed by atoms with Crippen molar-refractivity contribution in [1.82, 2.24) is 25.4 Å². The number of hydrogen-bond donors (Lipinski definition) is 2. The Morgan fingerprint density at radius 3 is 2.47 bits per heavy atom. The Labute approximate surface area is 192 Å². The first-order valence-electron chi connectivity index (χ1n) is 11.8. The van der Waals surface area contributed by atoms with Gasteiger partial charge in [-0.15, -0.1) is 0 Å². The van der Waals surface area contributed by atoms with Crippen molar-refractivity contribution in [2.75, 3.05) is 58.3 Å². The van der Waals surface area contributed by atoms with E-state index in [0.29, 0.717) is 6.04 Å². The molecule has 4 rings (SSSR count). The van der Waals surface area contributed by atoms with Crippen molar-refractivity contribution in [3.05, 3.63) is 59.8 Å². The first-order chi connectivity index (χ1) is 15.7. The van der Waals surface area contributed by atoms with E-state index in [9.17, 15) is 0 Å². The van der Waals surface area contributed by atoms with Crippen LogP contribution in [0.2, 0.25) is 0 Å². The van der Waals surface area contributed by atoms with E-state index in [0.717, 1.165) is 77.0 Å². The number of aliphatic imine (C=N–C) groups is 1. The number of benzene rings is 1. The SMILES string of the molecule is CN=C(NCc1cccnc1N1CCN(C)CC1)NC1CCN(Cc2ccccc2)CC1. The van der Waals surface area contributed by atoms with Crippen molar-refractivity contribution in [3.63, 3.8) is 0 Å². The minimum Gasteiger partial charge on any atom is -0.354 e. The molecule has 0 saturated carbocycles. The Morgan fingerprint density at radius 1 is 1.00 bits per heavy atom. The molecular weight excluding hydrogens is 398 g/mol. The van der Waals surface area contributed by atoms with Crippen LogP contribution in [0.3, 0.4) is 0 Å². The smallest absolute Gasteiger partial charge is 0.191 e. The molecule has 0 radical (unpaired) electrons. The van der Waals surface area contributed by atoms with Gasteiger partial charge in [0, 0.05) is 77.2 Å². The van der Waals surface area contributed by atoms with Crippen molar-refractivity contribution in [1.29, 1.82) is 0 Å². The lowest BCUT2D eigenvalue weighted by molar-refractivity contribution is 0.198. The summed E-state index contributed by atoms with van der Waals surface area (Å²) in [5, 5.41) is 7.16. The molecule has 1 aromatic carbocycles. The van der Waals surface area contributed by atoms with Gasteiger partial charge in [-0.25, -0.2) is 4.98 Å². The lowest BCUT2D eigenvalue weighted by Crippen LogP contribution is -2.48. The Balaban J connectivity index is 1.25. The molecule has 172 valence electrons. The molecule has 2 aliphatic heterocycles. The number of guanidine groups is 1. The summed E-state index contributed by atoms with van der Waals surface area (Å²) in [6.45, 7) is 8.19. The predicted molar refractivity (Wildman–Crippen MR) is 132 cm³/mol. The van der Waals surface area contributed by atoms with Gasteiger partial charge in [0.05, 0.1) is 0 Å². The van der Waals surface area contributed by atoms with Crippen LogP contribution in [0.5, 0.6) is 0 Å². The van der Waals surface area contributed by atoms with Crippen molar-refractivity contribution in [2.24, 2.45) is 4.99 Å². The number of piperidine rings is 1. The summed E-state index contributed by atoms with van der Waals surface area (Å²) >= 11 is 0. The highest BCUT2D eigenvalue weighted by Crippen LogP contribution is 2.19. The fourth-order valence-corrected chi connectivity index (χ4v) is 4.52. The molecular formula is C25H37N7. The van der Waals surface area contributed by atoms with Gasteiger partial charge in [-0.1, -0.05) is 36.4 Å². The maximum Gasteiger partial charge on any atom is 0.191 e. The molecule has 2 N–H and O–H groups in total. The number of hydrogen-bond acceptors (Lipinski definition) is 5. The third-order valence-corrected chi connectivity index (χ3v) is 6.52. The van der Waals surface area contributed by atoms with Gasteiger partial charge in [0.15, 0.2) is 5.96 Å². The molecule has 0 spiro atoms. The molecule has 0 amide bonds. The lowest BCUT2D eigenvalue weighted by Gasteiger charge is -2.34. The summed E-state index contributed by atoms with van der Waals surface area (Å²) in [5.41, 5.74) is 2.61. The van der Waals surface area contributed by atoms with Gasteiger partial charge >= 0.3 is 0 Å². The van der Waals surface area contributed by atoms with Gasteiger partial charge in [0.25, 0.3) is 0 Å². The van der Waals surface area contributed by atoms with Crippen LogP contribution < -0.4 is 15.5 Å². The maximum atomic E-state index is 4.69. The van der Waals surface area contributed by atoms with Gasteiger partial charge in [0.2, 0.25) is 0 Å². The Morgan fingerprint density at radius 2 is 1.75 bits per heavy atom. The number of aromatic nitrogens is 1. The molecule has 3 heterocycles. The molecule has 0 aliphatic carbocycles. The number of anilines is 1. The number of piperazine rings is 1. The molecule has 0 bridgehead atoms. The van der Waals surface area contributed by atoms with Crippen molar-refractivity contribution in [3.8, 4) is 0 Å². The molecule has 2 fully saturated rings. The third-order valence-electron chi connectivity index (χ3n) is 6.52. The van der Waals surface area contributed by atoms with E-state index < -0.39 is 0 Å². The fourth-order valence-electron chi connectivity index (χ4n) is 4.52. The summed E-state index contributed by atoms with van der Waals surface area (Å²) < 4.78 is 0. The maximum absolute atomic E-state index is 4.69. The zero-order valence-corrected chi connectivity index (χ0v) is 19.5. The monoisotopic (exact) mass is 435 g/mol. The Hall–Kier alpha value is -2.64. The molecule has 32 heavy (non-hydrogen) atoms. The summed E-state index contributed by atoms with van der Waals surface area (Å²) in [6, 6.07) is 15.4. The predicted octanol–water partition coefficient (Wildman–Crippen LogP) is 2.16. The number of nitrogens with one attached hydrogen (secondary N) is 2. The average molecular weight is 436 g/mol. The molecule has 0 unspecified atom stereocenters. The second-order valence-electron chi connectivity index (χ2n) is 8.88. The number of likely N-dealkylation sites (N-methyl/N-ethyl adjacent to an activating group) is 1. The second kappa shape index (κ2) is 11.3. The third kappa shape index (κ3) is 6.20. The van der Waals surface area contributed by atoms with E-state index in [1.807, 2.05) is 19.3 Å². The van der Waals surface area contributed by atoms with Crippen LogP contribution in [0.1, 0.15) is 24.0 Å². The minimum atomic E-state index is 0.458. The van der Waals surface area contributed by atoms with E-state index >= 15 is 0 Å². The zero-order chi connectivity index (χ0) is 22.2. The van der Waals surface area contributed by atoms with Gasteiger partial charge in [-0.05, 0) is 31.5 Å². The van der Waals surface area contributed by atoms with Crippen LogP contribution in [0.4, 0.5) is 5.82 Å². The van der Waals surface area contributed by atoms with Crippen LogP contribution in [0.15, 0.2) is 53.7 Å². The lowest BCUT2D eigenvalue weighted by atomic mass is 10.0. The van der Waals surface area contributed by atoms with Crippen LogP contribution in [0.25, 0.3) is 0 Å². The van der Waals surface area contributed by atoms with Crippen molar-refractivity contribution >= 4 is 11.8 Å². The van der Waals surface area contributed by atoms with E-state index in [1.54, 1.807) is 0 Å². The summed E-state index contributed by atoms with van der Waals surface area (Å²) in [7, 11) is 4.03. The van der Waals surface area contributed by atoms with Crippen molar-refractivity contribution < 1.29 is 0 Å². The summed E-state index contributed by atoms with van der Waals surface area (Å²) in [4.78, 5) is 16.5. The standard InChI is InChI=1S/C25H37N7/c1-26-25(29-23-10-13-31(14-11-23)20-21-7-4-3-5-8-21)28-19-22-9-6-12-27-24(22)32-17-15-30(2)16-18-32/h3-9,12,23H,10-11,13-20H2,1-2H3,(H2,26,28,29). The van der Waals surface area contributed by atoms with E-state index in [2.05, 4.69) is 73.8 Å². The first-order valence-corrected chi connectivity index (χ1v) is 11.8. The number of rotatable bonds is 6. The molecule has 2 aliphatic rings. The Kier molecular flexibility index (Phi) is 7.96. The Bertz CT molecular complexity index is 854. The number of likely N-dealkylation sites (tertiary alicyclic amines) is 1. The van der Waals surface area contributed by atoms with Crippen LogP contribution >= 0.6 is 0 Å². The largest absolute Gasteiger partial charge is 0.354 e. The molecule has 2 aromatic rings. The highest BCUT2D eigenvalue weighted by atomic mass is 15.3. The topological polar surface area (TPSA) is 59.0 Å². The number of pyridine rings is 1. The highest BCUT2D eigenvalue weighted by molar-refractivity contribution is 5.80. The zero-order valence-electron chi connectivity index (χ0n) is 19.5. The van der Waals surface area contributed by atoms with Gasteiger partial charge in [-0.2, -0.15) is 0 Å². The van der Waals surface area contributed by atoms with Crippen LogP contribution in [-0.4, -0.2) is 80.1 Å². The van der Waals surface area contributed by atoms with Crippen LogP contribution in [-0.2, 0) is 13.1 Å². The van der Waals surface area contributed by atoms with Gasteiger partial charge < -0.3 is 20.4 Å². The highest BCUT2D eigenvalue weighted by Gasteiger charge is 2.21.